The molecule has 3 nitrogen and oxygen atoms in total. The molecule has 0 saturated carbocycles. The molecule has 1 unspecified atom stereocenters. The van der Waals surface area contributed by atoms with E-state index in [-0.39, 0.29) is 11.9 Å². The quantitative estimate of drug-likeness (QED) is 0.713. The fourth-order valence-electron chi connectivity index (χ4n) is 2.88. The third-order valence-corrected chi connectivity index (χ3v) is 4.20. The van der Waals surface area contributed by atoms with Crippen molar-refractivity contribution in [1.29, 1.82) is 0 Å². The van der Waals surface area contributed by atoms with Crippen molar-refractivity contribution in [1.82, 2.24) is 5.32 Å². The van der Waals surface area contributed by atoms with E-state index in [1.54, 1.807) is 0 Å². The van der Waals surface area contributed by atoms with Gasteiger partial charge in [0.1, 0.15) is 6.04 Å². The largest absolute Gasteiger partial charge is 0.373 e. The smallest absolute Gasteiger partial charge is 0.242 e. The molecule has 3 heteroatoms. The highest BCUT2D eigenvalue weighted by Crippen LogP contribution is 2.24. The Morgan fingerprint density at radius 3 is 2.81 bits per heavy atom. The number of aryl methyl sites for hydroxylation is 1. The Kier molecular flexibility index (Phi) is 6.58. The van der Waals surface area contributed by atoms with E-state index in [4.69, 9.17) is 0 Å². The molecule has 1 atom stereocenters. The van der Waals surface area contributed by atoms with Crippen LogP contribution in [0.2, 0.25) is 0 Å². The van der Waals surface area contributed by atoms with Gasteiger partial charge >= 0.3 is 0 Å². The molecule has 0 spiro atoms. The number of nitrogens with one attached hydrogen (secondary N) is 2. The number of carbonyl (C=O) groups is 1. The lowest BCUT2D eigenvalue weighted by Gasteiger charge is -2.26. The summed E-state index contributed by atoms with van der Waals surface area (Å²) in [5.41, 5.74) is 2.43. The van der Waals surface area contributed by atoms with Crippen LogP contribution in [0.3, 0.4) is 0 Å². The van der Waals surface area contributed by atoms with Crippen molar-refractivity contribution in [3.05, 3.63) is 29.8 Å². The van der Waals surface area contributed by atoms with Crippen molar-refractivity contribution in [2.45, 2.75) is 64.3 Å². The number of unbranched alkanes of at least 4 members (excludes halogenated alkanes) is 5. The Bertz CT molecular complexity index is 445. The molecule has 116 valence electrons. The van der Waals surface area contributed by atoms with Gasteiger partial charge in [-0.1, -0.05) is 57.2 Å². The summed E-state index contributed by atoms with van der Waals surface area (Å²) in [5, 5.41) is 6.43. The van der Waals surface area contributed by atoms with E-state index in [0.29, 0.717) is 0 Å². The Hall–Kier alpha value is -1.51. The molecule has 1 aromatic rings. The van der Waals surface area contributed by atoms with Gasteiger partial charge in [-0.25, -0.2) is 0 Å². The van der Waals surface area contributed by atoms with E-state index < -0.39 is 0 Å². The molecule has 1 aliphatic rings. The van der Waals surface area contributed by atoms with Gasteiger partial charge in [0.05, 0.1) is 0 Å². The molecule has 0 radical (unpaired) electrons. The predicted molar refractivity (Wildman–Crippen MR) is 88.6 cm³/mol. The van der Waals surface area contributed by atoms with Crippen LogP contribution >= 0.6 is 0 Å². The van der Waals surface area contributed by atoms with Gasteiger partial charge in [-0.05, 0) is 30.9 Å². The van der Waals surface area contributed by atoms with Crippen LogP contribution in [0.1, 0.15) is 57.4 Å². The number of rotatable bonds is 8. The minimum atomic E-state index is -0.0695. The van der Waals surface area contributed by atoms with Gasteiger partial charge in [0.15, 0.2) is 0 Å². The molecule has 1 amide bonds. The highest BCUT2D eigenvalue weighted by atomic mass is 16.2. The maximum atomic E-state index is 12.2. The lowest BCUT2D eigenvalue weighted by Crippen LogP contribution is -2.42. The highest BCUT2D eigenvalue weighted by Gasteiger charge is 2.22. The maximum Gasteiger partial charge on any atom is 0.242 e. The number of fused-ring (bicyclic) bond motifs is 1. The minimum absolute atomic E-state index is 0.0695. The fraction of sp³-hybridized carbons (Fsp3) is 0.611. The summed E-state index contributed by atoms with van der Waals surface area (Å²) in [6.45, 7) is 3.04. The summed E-state index contributed by atoms with van der Waals surface area (Å²) < 4.78 is 0. The maximum absolute atomic E-state index is 12.2. The molecule has 0 aromatic heterocycles. The monoisotopic (exact) mass is 288 g/mol. The van der Waals surface area contributed by atoms with E-state index in [0.717, 1.165) is 31.5 Å². The summed E-state index contributed by atoms with van der Waals surface area (Å²) in [4.78, 5) is 12.2. The number of amides is 1. The number of benzene rings is 1. The van der Waals surface area contributed by atoms with Gasteiger partial charge < -0.3 is 10.6 Å². The first-order valence-corrected chi connectivity index (χ1v) is 8.43. The summed E-state index contributed by atoms with van der Waals surface area (Å²) >= 11 is 0. The number of hydrogen-bond donors (Lipinski definition) is 2. The Morgan fingerprint density at radius 2 is 1.95 bits per heavy atom. The lowest BCUT2D eigenvalue weighted by atomic mass is 9.97. The third kappa shape index (κ3) is 5.07. The first-order valence-electron chi connectivity index (χ1n) is 8.43. The number of hydrogen-bond acceptors (Lipinski definition) is 2. The van der Waals surface area contributed by atoms with Gasteiger partial charge in [0, 0.05) is 12.2 Å². The molecule has 1 heterocycles. The summed E-state index contributed by atoms with van der Waals surface area (Å²) in [5.74, 6) is 0.151. The number of anilines is 1. The average Bonchev–Trinajstić information content (AvgIpc) is 2.53. The Balaban J connectivity index is 1.64. The molecule has 0 fully saturated rings. The molecule has 0 aliphatic carbocycles. The van der Waals surface area contributed by atoms with Crippen LogP contribution in [0.25, 0.3) is 0 Å². The van der Waals surface area contributed by atoms with Crippen molar-refractivity contribution >= 4 is 11.6 Å². The van der Waals surface area contributed by atoms with Gasteiger partial charge in [-0.15, -0.1) is 0 Å². The van der Waals surface area contributed by atoms with Gasteiger partial charge in [0.25, 0.3) is 0 Å². The van der Waals surface area contributed by atoms with Crippen LogP contribution in [-0.4, -0.2) is 18.5 Å². The van der Waals surface area contributed by atoms with Gasteiger partial charge in [0.2, 0.25) is 5.91 Å². The average molecular weight is 288 g/mol. The molecule has 0 saturated heterocycles. The molecule has 1 aromatic carbocycles. The van der Waals surface area contributed by atoms with Crippen molar-refractivity contribution in [3.8, 4) is 0 Å². The van der Waals surface area contributed by atoms with Crippen molar-refractivity contribution in [3.63, 3.8) is 0 Å². The lowest BCUT2D eigenvalue weighted by molar-refractivity contribution is -0.122. The zero-order chi connectivity index (χ0) is 14.9. The van der Waals surface area contributed by atoms with Crippen LogP contribution in [0.15, 0.2) is 24.3 Å². The first-order chi connectivity index (χ1) is 10.3. The molecule has 1 aliphatic heterocycles. The Labute approximate surface area is 128 Å². The van der Waals surface area contributed by atoms with E-state index in [2.05, 4.69) is 35.8 Å². The predicted octanol–water partition coefficient (Wildman–Crippen LogP) is 3.89. The van der Waals surface area contributed by atoms with Crippen LogP contribution in [0.4, 0.5) is 5.69 Å². The number of carbonyl (C=O) groups excluding carboxylic acids is 1. The Morgan fingerprint density at radius 1 is 1.19 bits per heavy atom. The van der Waals surface area contributed by atoms with Gasteiger partial charge in [-0.3, -0.25) is 4.79 Å². The first kappa shape index (κ1) is 15.9. The third-order valence-electron chi connectivity index (χ3n) is 4.20. The fourth-order valence-corrected chi connectivity index (χ4v) is 2.88. The standard InChI is InChI=1S/C18H28N2O/c1-2-3-4-5-6-9-14-19-18(21)17-13-12-15-10-7-8-11-16(15)20-17/h7-8,10-11,17,20H,2-6,9,12-14H2,1H3,(H,19,21). The van der Waals surface area contributed by atoms with Crippen LogP contribution < -0.4 is 10.6 Å². The SMILES string of the molecule is CCCCCCCCNC(=O)C1CCc2ccccc2N1. The zero-order valence-electron chi connectivity index (χ0n) is 13.2. The molecule has 0 bridgehead atoms. The summed E-state index contributed by atoms with van der Waals surface area (Å²) in [6, 6.07) is 8.19. The topological polar surface area (TPSA) is 41.1 Å². The molecule has 21 heavy (non-hydrogen) atoms. The molecular weight excluding hydrogens is 260 g/mol. The minimum Gasteiger partial charge on any atom is -0.373 e. The zero-order valence-corrected chi connectivity index (χ0v) is 13.2. The summed E-state index contributed by atoms with van der Waals surface area (Å²) in [6.07, 6.45) is 9.42. The van der Waals surface area contributed by atoms with Crippen LogP contribution in [-0.2, 0) is 11.2 Å². The van der Waals surface area contributed by atoms with Crippen LogP contribution in [0, 0.1) is 0 Å². The second-order valence-electron chi connectivity index (χ2n) is 5.95. The molecular formula is C18H28N2O. The van der Waals surface area contributed by atoms with Crippen molar-refractivity contribution in [2.24, 2.45) is 0 Å². The van der Waals surface area contributed by atoms with E-state index in [1.165, 1.54) is 37.7 Å². The van der Waals surface area contributed by atoms with E-state index >= 15 is 0 Å². The van der Waals surface area contributed by atoms with E-state index in [9.17, 15) is 4.79 Å². The van der Waals surface area contributed by atoms with Crippen molar-refractivity contribution < 1.29 is 4.79 Å². The van der Waals surface area contributed by atoms with E-state index in [1.807, 2.05) is 6.07 Å². The highest BCUT2D eigenvalue weighted by molar-refractivity contribution is 5.85. The van der Waals surface area contributed by atoms with Gasteiger partial charge in [-0.2, -0.15) is 0 Å². The van der Waals surface area contributed by atoms with Crippen molar-refractivity contribution in [2.75, 3.05) is 11.9 Å². The number of para-hydroxylation sites is 1. The van der Waals surface area contributed by atoms with Crippen LogP contribution in [0.5, 0.6) is 0 Å². The summed E-state index contributed by atoms with van der Waals surface area (Å²) in [7, 11) is 0. The normalized spacial score (nSPS) is 16.9. The second-order valence-corrected chi connectivity index (χ2v) is 5.95. The molecule has 2 N–H and O–H groups in total. The molecule has 2 rings (SSSR count). The second kappa shape index (κ2) is 8.71.